The number of rotatable bonds is 3. The quantitative estimate of drug-likeness (QED) is 0.803. The SMILES string of the molecule is CCCC1CCN(C(=O)c2cnccn2)CC1. The average Bonchev–Trinajstić information content (AvgIpc) is 2.40. The van der Waals surface area contributed by atoms with Crippen molar-refractivity contribution in [2.75, 3.05) is 13.1 Å². The molecule has 0 aromatic carbocycles. The van der Waals surface area contributed by atoms with E-state index >= 15 is 0 Å². The first-order valence-corrected chi connectivity index (χ1v) is 6.36. The van der Waals surface area contributed by atoms with Gasteiger partial charge in [0.05, 0.1) is 6.20 Å². The molecule has 0 N–H and O–H groups in total. The van der Waals surface area contributed by atoms with Crippen LogP contribution in [0.4, 0.5) is 0 Å². The van der Waals surface area contributed by atoms with Crippen molar-refractivity contribution in [1.82, 2.24) is 14.9 Å². The highest BCUT2D eigenvalue weighted by molar-refractivity contribution is 5.91. The summed E-state index contributed by atoms with van der Waals surface area (Å²) in [5.74, 6) is 0.818. The van der Waals surface area contributed by atoms with Crippen molar-refractivity contribution in [3.05, 3.63) is 24.3 Å². The molecule has 1 aliphatic rings. The zero-order chi connectivity index (χ0) is 12.1. The van der Waals surface area contributed by atoms with Crippen LogP contribution in [0.25, 0.3) is 0 Å². The van der Waals surface area contributed by atoms with Crippen LogP contribution in [0.3, 0.4) is 0 Å². The van der Waals surface area contributed by atoms with Crippen molar-refractivity contribution in [2.45, 2.75) is 32.6 Å². The highest BCUT2D eigenvalue weighted by atomic mass is 16.2. The third kappa shape index (κ3) is 3.02. The predicted octanol–water partition coefficient (Wildman–Crippen LogP) is 2.13. The maximum atomic E-state index is 12.1. The monoisotopic (exact) mass is 233 g/mol. The maximum Gasteiger partial charge on any atom is 0.274 e. The molecular formula is C13H19N3O. The second kappa shape index (κ2) is 5.75. The molecule has 0 unspecified atom stereocenters. The van der Waals surface area contributed by atoms with E-state index in [9.17, 15) is 4.79 Å². The van der Waals surface area contributed by atoms with Gasteiger partial charge in [-0.1, -0.05) is 19.8 Å². The van der Waals surface area contributed by atoms with E-state index in [-0.39, 0.29) is 5.91 Å². The molecule has 1 fully saturated rings. The smallest absolute Gasteiger partial charge is 0.274 e. The van der Waals surface area contributed by atoms with Gasteiger partial charge in [0, 0.05) is 25.5 Å². The van der Waals surface area contributed by atoms with E-state index in [4.69, 9.17) is 0 Å². The van der Waals surface area contributed by atoms with Gasteiger partial charge in [0.15, 0.2) is 0 Å². The van der Waals surface area contributed by atoms with Crippen molar-refractivity contribution in [1.29, 1.82) is 0 Å². The molecule has 1 aromatic rings. The molecule has 1 saturated heterocycles. The molecule has 2 rings (SSSR count). The van der Waals surface area contributed by atoms with Crippen LogP contribution in [-0.2, 0) is 0 Å². The summed E-state index contributed by atoms with van der Waals surface area (Å²) in [5.41, 5.74) is 0.460. The van der Waals surface area contributed by atoms with Gasteiger partial charge in [0.25, 0.3) is 5.91 Å². The molecule has 92 valence electrons. The minimum absolute atomic E-state index is 0.0213. The van der Waals surface area contributed by atoms with Crippen LogP contribution in [-0.4, -0.2) is 33.9 Å². The Hall–Kier alpha value is -1.45. The maximum absolute atomic E-state index is 12.1. The molecule has 0 spiro atoms. The lowest BCUT2D eigenvalue weighted by Gasteiger charge is -2.31. The Kier molecular flexibility index (Phi) is 4.07. The molecule has 0 aliphatic carbocycles. The van der Waals surface area contributed by atoms with Crippen molar-refractivity contribution < 1.29 is 4.79 Å². The first-order valence-electron chi connectivity index (χ1n) is 6.36. The predicted molar refractivity (Wildman–Crippen MR) is 65.6 cm³/mol. The summed E-state index contributed by atoms with van der Waals surface area (Å²) in [5, 5.41) is 0. The molecule has 17 heavy (non-hydrogen) atoms. The molecule has 0 atom stereocenters. The zero-order valence-corrected chi connectivity index (χ0v) is 10.3. The summed E-state index contributed by atoms with van der Waals surface area (Å²) in [6, 6.07) is 0. The minimum Gasteiger partial charge on any atom is -0.337 e. The van der Waals surface area contributed by atoms with Gasteiger partial charge in [0.2, 0.25) is 0 Å². The van der Waals surface area contributed by atoms with Crippen molar-refractivity contribution >= 4 is 5.91 Å². The van der Waals surface area contributed by atoms with E-state index in [0.29, 0.717) is 5.69 Å². The number of carbonyl (C=O) groups excluding carboxylic acids is 1. The van der Waals surface area contributed by atoms with Crippen molar-refractivity contribution in [3.63, 3.8) is 0 Å². The lowest BCUT2D eigenvalue weighted by molar-refractivity contribution is 0.0680. The lowest BCUT2D eigenvalue weighted by Crippen LogP contribution is -2.38. The Morgan fingerprint density at radius 3 is 2.76 bits per heavy atom. The van der Waals surface area contributed by atoms with Crippen molar-refractivity contribution in [2.24, 2.45) is 5.92 Å². The Labute approximate surface area is 102 Å². The number of likely N-dealkylation sites (tertiary alicyclic amines) is 1. The number of carbonyl (C=O) groups is 1. The first-order chi connectivity index (χ1) is 8.31. The topological polar surface area (TPSA) is 46.1 Å². The first kappa shape index (κ1) is 12.0. The van der Waals surface area contributed by atoms with Crippen LogP contribution >= 0.6 is 0 Å². The van der Waals surface area contributed by atoms with E-state index in [1.807, 2.05) is 4.90 Å². The number of piperidine rings is 1. The van der Waals surface area contributed by atoms with Crippen LogP contribution in [0.5, 0.6) is 0 Å². The normalized spacial score (nSPS) is 17.1. The Balaban J connectivity index is 1.91. The number of amides is 1. The molecule has 2 heterocycles. The highest BCUT2D eigenvalue weighted by Gasteiger charge is 2.23. The van der Waals surface area contributed by atoms with Gasteiger partial charge in [0.1, 0.15) is 5.69 Å². The lowest BCUT2D eigenvalue weighted by atomic mass is 9.92. The summed E-state index contributed by atoms with van der Waals surface area (Å²) in [7, 11) is 0. The number of hydrogen-bond acceptors (Lipinski definition) is 3. The highest BCUT2D eigenvalue weighted by Crippen LogP contribution is 2.22. The van der Waals surface area contributed by atoms with E-state index in [1.165, 1.54) is 12.8 Å². The van der Waals surface area contributed by atoms with Gasteiger partial charge < -0.3 is 4.90 Å². The molecule has 1 aliphatic heterocycles. The minimum atomic E-state index is 0.0213. The summed E-state index contributed by atoms with van der Waals surface area (Å²) in [6.45, 7) is 3.94. The molecule has 1 amide bonds. The molecule has 0 saturated carbocycles. The Bertz CT molecular complexity index is 358. The third-order valence-electron chi connectivity index (χ3n) is 3.38. The van der Waals surface area contributed by atoms with Gasteiger partial charge in [-0.3, -0.25) is 9.78 Å². The molecule has 4 nitrogen and oxygen atoms in total. The largest absolute Gasteiger partial charge is 0.337 e. The van der Waals surface area contributed by atoms with Gasteiger partial charge in [-0.15, -0.1) is 0 Å². The fourth-order valence-corrected chi connectivity index (χ4v) is 2.40. The summed E-state index contributed by atoms with van der Waals surface area (Å²) < 4.78 is 0. The van der Waals surface area contributed by atoms with Gasteiger partial charge >= 0.3 is 0 Å². The number of aromatic nitrogens is 2. The van der Waals surface area contributed by atoms with Crippen LogP contribution in [0.1, 0.15) is 43.1 Å². The number of hydrogen-bond donors (Lipinski definition) is 0. The second-order valence-corrected chi connectivity index (χ2v) is 4.61. The van der Waals surface area contributed by atoms with Crippen LogP contribution < -0.4 is 0 Å². The van der Waals surface area contributed by atoms with E-state index in [2.05, 4.69) is 16.9 Å². The van der Waals surface area contributed by atoms with Gasteiger partial charge in [-0.25, -0.2) is 4.98 Å². The Morgan fingerprint density at radius 2 is 2.18 bits per heavy atom. The van der Waals surface area contributed by atoms with E-state index in [0.717, 1.165) is 31.8 Å². The second-order valence-electron chi connectivity index (χ2n) is 4.61. The van der Waals surface area contributed by atoms with Crippen molar-refractivity contribution in [3.8, 4) is 0 Å². The van der Waals surface area contributed by atoms with Gasteiger partial charge in [-0.2, -0.15) is 0 Å². The standard InChI is InChI=1S/C13H19N3O/c1-2-3-11-4-8-16(9-5-11)13(17)12-10-14-6-7-15-12/h6-7,10-11H,2-5,8-9H2,1H3. The van der Waals surface area contributed by atoms with Gasteiger partial charge in [-0.05, 0) is 18.8 Å². The fourth-order valence-electron chi connectivity index (χ4n) is 2.40. The molecule has 0 radical (unpaired) electrons. The van der Waals surface area contributed by atoms with E-state index in [1.54, 1.807) is 18.6 Å². The fraction of sp³-hybridized carbons (Fsp3) is 0.615. The third-order valence-corrected chi connectivity index (χ3v) is 3.38. The van der Waals surface area contributed by atoms with Crippen LogP contribution in [0, 0.1) is 5.92 Å². The summed E-state index contributed by atoms with van der Waals surface area (Å²) >= 11 is 0. The average molecular weight is 233 g/mol. The van der Waals surface area contributed by atoms with Crippen LogP contribution in [0.2, 0.25) is 0 Å². The van der Waals surface area contributed by atoms with Crippen LogP contribution in [0.15, 0.2) is 18.6 Å². The molecule has 4 heteroatoms. The summed E-state index contributed by atoms with van der Waals surface area (Å²) in [6.07, 6.45) is 9.47. The Morgan fingerprint density at radius 1 is 1.41 bits per heavy atom. The van der Waals surface area contributed by atoms with E-state index < -0.39 is 0 Å². The molecule has 1 aromatic heterocycles. The zero-order valence-electron chi connectivity index (χ0n) is 10.3. The molecular weight excluding hydrogens is 214 g/mol. The summed E-state index contributed by atoms with van der Waals surface area (Å²) in [4.78, 5) is 22.0. The molecule has 0 bridgehead atoms. The number of nitrogens with zero attached hydrogens (tertiary/aromatic N) is 3.